The van der Waals surface area contributed by atoms with Crippen molar-refractivity contribution in [1.29, 1.82) is 0 Å². The summed E-state index contributed by atoms with van der Waals surface area (Å²) in [7, 11) is 0. The summed E-state index contributed by atoms with van der Waals surface area (Å²) < 4.78 is 1.59. The number of aliphatic hydroxyl groups excluding tert-OH is 1. The predicted octanol–water partition coefficient (Wildman–Crippen LogP) is 0.979. The van der Waals surface area contributed by atoms with Gasteiger partial charge in [-0.1, -0.05) is 51.1 Å². The van der Waals surface area contributed by atoms with Gasteiger partial charge < -0.3 is 36.6 Å². The molecule has 3 heterocycles. The second-order valence-corrected chi connectivity index (χ2v) is 14.4. The van der Waals surface area contributed by atoms with Crippen LogP contribution in [0.5, 0.6) is 0 Å². The Morgan fingerprint density at radius 1 is 0.906 bits per heavy atom. The van der Waals surface area contributed by atoms with Crippen LogP contribution in [0.3, 0.4) is 0 Å². The number of amides is 6. The van der Waals surface area contributed by atoms with E-state index in [2.05, 4.69) is 45.5 Å². The van der Waals surface area contributed by atoms with Crippen molar-refractivity contribution in [2.24, 2.45) is 5.92 Å². The minimum absolute atomic E-state index is 0.121. The van der Waals surface area contributed by atoms with Crippen LogP contribution in [0.4, 0.5) is 0 Å². The number of aliphatic hydroxyl groups is 1. The van der Waals surface area contributed by atoms with Gasteiger partial charge in [-0.05, 0) is 76.3 Å². The molecule has 2 fully saturated rings. The quantitative estimate of drug-likeness (QED) is 0.219. The highest BCUT2D eigenvalue weighted by Crippen LogP contribution is 2.20. The zero-order valence-corrected chi connectivity index (χ0v) is 31.5. The fourth-order valence-corrected chi connectivity index (χ4v) is 6.81. The maximum atomic E-state index is 14.0. The molecule has 0 radical (unpaired) electrons. The molecule has 0 unspecified atom stereocenters. The molecule has 53 heavy (non-hydrogen) atoms. The standard InChI is InChI=1S/C38H56N8O7/c1-6-27-33(48)43-32(24(5)47)37(52)42-29(21-25-14-9-8-10-15-25)38(53)45-19-13-17-30(45)35(50)39-18-12-11-16-28(34(49)40-27)41-36(51)31-22-26(20-23(3)4)44-46(31)7-2/h8-10,14-15,22-24,27-30,32,47H,6-7,11-13,16-21H2,1-5H3,(H,39,50)(H,40,49)(H,41,51)(H,42,52)(H,43,48)/t24-,27+,28+,29-,30+,32+/m1/s1. The number of hydrogen-bond donors (Lipinski definition) is 6. The molecule has 0 aliphatic carbocycles. The maximum absolute atomic E-state index is 14.0. The lowest BCUT2D eigenvalue weighted by Crippen LogP contribution is -2.61. The number of benzene rings is 1. The van der Waals surface area contributed by atoms with Crippen LogP contribution in [0.25, 0.3) is 0 Å². The number of nitrogens with one attached hydrogen (secondary N) is 5. The largest absolute Gasteiger partial charge is 0.391 e. The Morgan fingerprint density at radius 2 is 1.62 bits per heavy atom. The summed E-state index contributed by atoms with van der Waals surface area (Å²) in [6.07, 6.45) is 1.78. The highest BCUT2D eigenvalue weighted by atomic mass is 16.3. The minimum atomic E-state index is -1.47. The molecule has 6 atom stereocenters. The monoisotopic (exact) mass is 736 g/mol. The van der Waals surface area contributed by atoms with E-state index in [4.69, 9.17) is 0 Å². The Morgan fingerprint density at radius 3 is 2.28 bits per heavy atom. The van der Waals surface area contributed by atoms with Gasteiger partial charge in [0.1, 0.15) is 35.9 Å². The summed E-state index contributed by atoms with van der Waals surface area (Å²) in [6, 6.07) is 5.40. The fraction of sp³-hybridized carbons (Fsp3) is 0.605. The Labute approximate surface area is 311 Å². The van der Waals surface area contributed by atoms with Gasteiger partial charge in [-0.15, -0.1) is 0 Å². The van der Waals surface area contributed by atoms with Crippen molar-refractivity contribution in [1.82, 2.24) is 41.3 Å². The lowest BCUT2D eigenvalue weighted by molar-refractivity contribution is -0.142. The van der Waals surface area contributed by atoms with E-state index in [1.165, 1.54) is 11.8 Å². The van der Waals surface area contributed by atoms with Crippen molar-refractivity contribution in [3.05, 3.63) is 53.3 Å². The van der Waals surface area contributed by atoms with E-state index < -0.39 is 65.8 Å². The molecule has 2 saturated heterocycles. The second-order valence-electron chi connectivity index (χ2n) is 14.4. The van der Waals surface area contributed by atoms with Gasteiger partial charge in [0, 0.05) is 26.1 Å². The van der Waals surface area contributed by atoms with Crippen molar-refractivity contribution in [2.75, 3.05) is 13.1 Å². The van der Waals surface area contributed by atoms with Gasteiger partial charge >= 0.3 is 0 Å². The summed E-state index contributed by atoms with van der Waals surface area (Å²) >= 11 is 0. The van der Waals surface area contributed by atoms with Crippen molar-refractivity contribution in [3.8, 4) is 0 Å². The van der Waals surface area contributed by atoms with Crippen LogP contribution in [-0.2, 0) is 43.4 Å². The van der Waals surface area contributed by atoms with Crippen LogP contribution in [0.15, 0.2) is 36.4 Å². The molecule has 2 aliphatic heterocycles. The van der Waals surface area contributed by atoms with E-state index in [0.717, 1.165) is 11.3 Å². The SMILES string of the molecule is CC[C@@H]1NC(=O)[C@@H](NC(=O)c2cc(CC(C)C)nn2CC)CCCCNC(=O)[C@@H]2CCCN2C(=O)[C@@H](Cc2ccccc2)NC(=O)[C@H]([C@@H](C)O)NC1=O. The molecule has 0 bridgehead atoms. The van der Waals surface area contributed by atoms with Gasteiger partial charge in [0.05, 0.1) is 11.8 Å². The third-order valence-corrected chi connectivity index (χ3v) is 9.66. The van der Waals surface area contributed by atoms with Crippen LogP contribution in [0.2, 0.25) is 0 Å². The van der Waals surface area contributed by atoms with Crippen molar-refractivity contribution in [2.45, 2.75) is 129 Å². The van der Waals surface area contributed by atoms with Crippen LogP contribution in [0.1, 0.15) is 94.9 Å². The van der Waals surface area contributed by atoms with Crippen molar-refractivity contribution in [3.63, 3.8) is 0 Å². The number of nitrogens with zero attached hydrogens (tertiary/aromatic N) is 3. The summed E-state index contributed by atoms with van der Waals surface area (Å²) in [5.74, 6) is -3.02. The molecule has 4 rings (SSSR count). The first kappa shape index (κ1) is 41.0. The number of aryl methyl sites for hydroxylation is 1. The second kappa shape index (κ2) is 19.3. The number of carbonyl (C=O) groups is 6. The van der Waals surface area contributed by atoms with E-state index in [-0.39, 0.29) is 31.7 Å². The average Bonchev–Trinajstić information content (AvgIpc) is 3.78. The Kier molecular flexibility index (Phi) is 14.9. The van der Waals surface area contributed by atoms with Gasteiger partial charge in [-0.25, -0.2) is 0 Å². The number of aromatic nitrogens is 2. The zero-order chi connectivity index (χ0) is 38.7. The van der Waals surface area contributed by atoms with Crippen LogP contribution >= 0.6 is 0 Å². The molecule has 6 amide bonds. The summed E-state index contributed by atoms with van der Waals surface area (Å²) in [4.78, 5) is 83.7. The molecular weight excluding hydrogens is 680 g/mol. The normalized spacial score (nSPS) is 24.5. The molecule has 2 aromatic rings. The van der Waals surface area contributed by atoms with Gasteiger partial charge in [0.2, 0.25) is 29.5 Å². The first-order valence-electron chi connectivity index (χ1n) is 18.9. The summed E-state index contributed by atoms with van der Waals surface area (Å²) in [6.45, 7) is 10.1. The average molecular weight is 737 g/mol. The molecule has 15 nitrogen and oxygen atoms in total. The highest BCUT2D eigenvalue weighted by Gasteiger charge is 2.39. The Hall–Kier alpha value is -4.79. The first-order chi connectivity index (χ1) is 25.3. The van der Waals surface area contributed by atoms with Crippen LogP contribution < -0.4 is 26.6 Å². The van der Waals surface area contributed by atoms with Crippen molar-refractivity contribution < 1.29 is 33.9 Å². The summed E-state index contributed by atoms with van der Waals surface area (Å²) in [5, 5.41) is 29.0. The smallest absolute Gasteiger partial charge is 0.270 e. The van der Waals surface area contributed by atoms with E-state index >= 15 is 0 Å². The Balaban J connectivity index is 1.61. The lowest BCUT2D eigenvalue weighted by atomic mass is 10.0. The van der Waals surface area contributed by atoms with Gasteiger partial charge in [0.25, 0.3) is 5.91 Å². The minimum Gasteiger partial charge on any atom is -0.391 e. The first-order valence-corrected chi connectivity index (χ1v) is 18.9. The van der Waals surface area contributed by atoms with E-state index in [9.17, 15) is 33.9 Å². The zero-order valence-electron chi connectivity index (χ0n) is 31.5. The predicted molar refractivity (Wildman–Crippen MR) is 197 cm³/mol. The number of fused-ring (bicyclic) bond motifs is 1. The molecule has 0 saturated carbocycles. The fourth-order valence-electron chi connectivity index (χ4n) is 6.81. The van der Waals surface area contributed by atoms with Gasteiger partial charge in [-0.2, -0.15) is 5.10 Å². The molecule has 290 valence electrons. The van der Waals surface area contributed by atoms with Gasteiger partial charge in [-0.3, -0.25) is 33.4 Å². The third kappa shape index (κ3) is 11.1. The maximum Gasteiger partial charge on any atom is 0.270 e. The molecule has 2 aliphatic rings. The van der Waals surface area contributed by atoms with Gasteiger partial charge in [0.15, 0.2) is 0 Å². The molecule has 1 aromatic heterocycles. The topological polar surface area (TPSA) is 204 Å². The molecule has 6 N–H and O–H groups in total. The highest BCUT2D eigenvalue weighted by molar-refractivity contribution is 5.98. The molecule has 0 spiro atoms. The number of hydrogen-bond acceptors (Lipinski definition) is 8. The van der Waals surface area contributed by atoms with Crippen molar-refractivity contribution >= 4 is 35.4 Å². The molecule has 1 aromatic carbocycles. The van der Waals surface area contributed by atoms with Crippen LogP contribution in [0, 0.1) is 5.92 Å². The third-order valence-electron chi connectivity index (χ3n) is 9.66. The lowest BCUT2D eigenvalue weighted by Gasteiger charge is -2.30. The number of carbonyl (C=O) groups excluding carboxylic acids is 6. The van der Waals surface area contributed by atoms with E-state index in [1.807, 2.05) is 37.3 Å². The molecular formula is C38H56N8O7. The number of rotatable bonds is 9. The summed E-state index contributed by atoms with van der Waals surface area (Å²) in [5.41, 5.74) is 1.85. The van der Waals surface area contributed by atoms with E-state index in [0.29, 0.717) is 56.8 Å². The van der Waals surface area contributed by atoms with Crippen LogP contribution in [-0.4, -0.2) is 105 Å². The molecule has 15 heteroatoms. The Bertz CT molecular complexity index is 1590. The van der Waals surface area contributed by atoms with E-state index in [1.54, 1.807) is 17.7 Å².